The van der Waals surface area contributed by atoms with E-state index < -0.39 is 0 Å². The molecule has 0 amide bonds. The molecule has 0 saturated heterocycles. The van der Waals surface area contributed by atoms with Crippen molar-refractivity contribution in [2.24, 2.45) is 0 Å². The lowest BCUT2D eigenvalue weighted by atomic mass is 10.0. The van der Waals surface area contributed by atoms with E-state index in [0.29, 0.717) is 5.02 Å². The van der Waals surface area contributed by atoms with Gasteiger partial charge in [0, 0.05) is 17.5 Å². The standard InChI is InChI=1S/C15H19ClFN/c1-3-5-6-14(18-9-4-2)10-12-7-8-13(17)11-15(12)16/h7-8,11,14,18H,4,6,9-10H2,1-2H3. The van der Waals surface area contributed by atoms with E-state index in [1.807, 2.05) is 6.92 Å². The van der Waals surface area contributed by atoms with Gasteiger partial charge >= 0.3 is 0 Å². The van der Waals surface area contributed by atoms with E-state index in [0.717, 1.165) is 31.4 Å². The van der Waals surface area contributed by atoms with Crippen molar-refractivity contribution in [3.63, 3.8) is 0 Å². The average Bonchev–Trinajstić information content (AvgIpc) is 2.35. The lowest BCUT2D eigenvalue weighted by Gasteiger charge is -2.16. The quantitative estimate of drug-likeness (QED) is 0.773. The molecule has 1 aromatic rings. The van der Waals surface area contributed by atoms with Gasteiger partial charge in [0.05, 0.1) is 0 Å². The Morgan fingerprint density at radius 2 is 2.22 bits per heavy atom. The van der Waals surface area contributed by atoms with Crippen LogP contribution in [0.25, 0.3) is 0 Å². The molecule has 1 nitrogen and oxygen atoms in total. The summed E-state index contributed by atoms with van der Waals surface area (Å²) in [5, 5.41) is 3.93. The average molecular weight is 268 g/mol. The van der Waals surface area contributed by atoms with E-state index in [-0.39, 0.29) is 11.9 Å². The van der Waals surface area contributed by atoms with Gasteiger partial charge in [0.2, 0.25) is 0 Å². The Kier molecular flexibility index (Phi) is 6.78. The summed E-state index contributed by atoms with van der Waals surface area (Å²) < 4.78 is 13.0. The second kappa shape index (κ2) is 8.13. The summed E-state index contributed by atoms with van der Waals surface area (Å²) in [4.78, 5) is 0. The van der Waals surface area contributed by atoms with Crippen LogP contribution in [0.4, 0.5) is 4.39 Å². The number of hydrogen-bond donors (Lipinski definition) is 1. The maximum atomic E-state index is 13.0. The van der Waals surface area contributed by atoms with E-state index in [1.54, 1.807) is 6.07 Å². The van der Waals surface area contributed by atoms with Crippen LogP contribution in [0.5, 0.6) is 0 Å². The zero-order valence-electron chi connectivity index (χ0n) is 10.9. The SMILES string of the molecule is CC#CCC(Cc1ccc(F)cc1Cl)NCCC. The summed E-state index contributed by atoms with van der Waals surface area (Å²) in [5.74, 6) is 5.68. The molecule has 0 spiro atoms. The van der Waals surface area contributed by atoms with Gasteiger partial charge in [-0.05, 0) is 44.0 Å². The van der Waals surface area contributed by atoms with Crippen molar-refractivity contribution in [3.8, 4) is 11.8 Å². The van der Waals surface area contributed by atoms with Crippen molar-refractivity contribution in [1.82, 2.24) is 5.32 Å². The van der Waals surface area contributed by atoms with Crippen molar-refractivity contribution in [3.05, 3.63) is 34.6 Å². The lowest BCUT2D eigenvalue weighted by molar-refractivity contribution is 0.516. The summed E-state index contributed by atoms with van der Waals surface area (Å²) in [6, 6.07) is 4.82. The number of hydrogen-bond acceptors (Lipinski definition) is 1. The van der Waals surface area contributed by atoms with Crippen molar-refractivity contribution in [2.45, 2.75) is 39.2 Å². The molecule has 0 aliphatic carbocycles. The van der Waals surface area contributed by atoms with Gasteiger partial charge in [0.1, 0.15) is 5.82 Å². The van der Waals surface area contributed by atoms with E-state index in [2.05, 4.69) is 24.1 Å². The topological polar surface area (TPSA) is 12.0 Å². The fraction of sp³-hybridized carbons (Fsp3) is 0.467. The monoisotopic (exact) mass is 267 g/mol. The molecule has 0 bridgehead atoms. The number of halogens is 2. The van der Waals surface area contributed by atoms with Gasteiger partial charge in [-0.2, -0.15) is 0 Å². The van der Waals surface area contributed by atoms with Gasteiger partial charge in [-0.25, -0.2) is 4.39 Å². The van der Waals surface area contributed by atoms with Gasteiger partial charge in [0.25, 0.3) is 0 Å². The van der Waals surface area contributed by atoms with Crippen LogP contribution in [0.1, 0.15) is 32.3 Å². The van der Waals surface area contributed by atoms with Crippen LogP contribution < -0.4 is 5.32 Å². The Bertz CT molecular complexity index is 434. The first-order chi connectivity index (χ1) is 8.67. The van der Waals surface area contributed by atoms with Crippen molar-refractivity contribution >= 4 is 11.6 Å². The third-order valence-electron chi connectivity index (χ3n) is 2.69. The Morgan fingerprint density at radius 1 is 1.44 bits per heavy atom. The fourth-order valence-corrected chi connectivity index (χ4v) is 1.99. The second-order valence-electron chi connectivity index (χ2n) is 4.22. The molecular weight excluding hydrogens is 249 g/mol. The molecule has 0 aliphatic heterocycles. The third-order valence-corrected chi connectivity index (χ3v) is 3.04. The van der Waals surface area contributed by atoms with Crippen LogP contribution in [0.3, 0.4) is 0 Å². The molecule has 0 aromatic heterocycles. The molecule has 98 valence electrons. The van der Waals surface area contributed by atoms with E-state index >= 15 is 0 Å². The van der Waals surface area contributed by atoms with Crippen LogP contribution in [0, 0.1) is 17.7 Å². The van der Waals surface area contributed by atoms with Crippen LogP contribution in [-0.4, -0.2) is 12.6 Å². The normalized spacial score (nSPS) is 11.8. The molecule has 1 aromatic carbocycles. The van der Waals surface area contributed by atoms with Gasteiger partial charge in [-0.15, -0.1) is 11.8 Å². The minimum absolute atomic E-state index is 0.264. The molecule has 1 rings (SSSR count). The second-order valence-corrected chi connectivity index (χ2v) is 4.63. The molecule has 0 saturated carbocycles. The smallest absolute Gasteiger partial charge is 0.124 e. The predicted octanol–water partition coefficient (Wildman–Crippen LogP) is 3.80. The summed E-state index contributed by atoms with van der Waals surface area (Å²) in [5.41, 5.74) is 0.963. The molecule has 0 radical (unpaired) electrons. The number of nitrogens with one attached hydrogen (secondary N) is 1. The highest BCUT2D eigenvalue weighted by Crippen LogP contribution is 2.19. The minimum Gasteiger partial charge on any atom is -0.313 e. The molecule has 1 N–H and O–H groups in total. The number of benzene rings is 1. The summed E-state index contributed by atoms with van der Waals surface area (Å²) in [7, 11) is 0. The Labute approximate surface area is 114 Å². The number of rotatable bonds is 6. The van der Waals surface area contributed by atoms with Crippen LogP contribution in [0.2, 0.25) is 5.02 Å². The molecule has 3 heteroatoms. The zero-order valence-corrected chi connectivity index (χ0v) is 11.6. The van der Waals surface area contributed by atoms with Gasteiger partial charge < -0.3 is 5.32 Å². The summed E-state index contributed by atoms with van der Waals surface area (Å²) in [6.07, 6.45) is 2.63. The molecule has 18 heavy (non-hydrogen) atoms. The summed E-state index contributed by atoms with van der Waals surface area (Å²) in [6.45, 7) is 4.91. The zero-order chi connectivity index (χ0) is 13.4. The molecule has 1 unspecified atom stereocenters. The first-order valence-electron chi connectivity index (χ1n) is 6.24. The highest BCUT2D eigenvalue weighted by atomic mass is 35.5. The maximum Gasteiger partial charge on any atom is 0.124 e. The van der Waals surface area contributed by atoms with Gasteiger partial charge in [-0.3, -0.25) is 0 Å². The van der Waals surface area contributed by atoms with Crippen molar-refractivity contribution < 1.29 is 4.39 Å². The Balaban J connectivity index is 2.70. The minimum atomic E-state index is -0.296. The largest absolute Gasteiger partial charge is 0.313 e. The fourth-order valence-electron chi connectivity index (χ4n) is 1.74. The van der Waals surface area contributed by atoms with E-state index in [4.69, 9.17) is 11.6 Å². The Morgan fingerprint density at radius 3 is 2.83 bits per heavy atom. The summed E-state index contributed by atoms with van der Waals surface area (Å²) >= 11 is 6.04. The van der Waals surface area contributed by atoms with Crippen molar-refractivity contribution in [2.75, 3.05) is 6.54 Å². The van der Waals surface area contributed by atoms with Crippen LogP contribution in [0.15, 0.2) is 18.2 Å². The maximum absolute atomic E-state index is 13.0. The Hall–Kier alpha value is -1.04. The molecule has 0 heterocycles. The van der Waals surface area contributed by atoms with E-state index in [1.165, 1.54) is 12.1 Å². The molecule has 0 fully saturated rings. The molecule has 0 aliphatic rings. The van der Waals surface area contributed by atoms with Crippen LogP contribution >= 0.6 is 11.6 Å². The lowest BCUT2D eigenvalue weighted by Crippen LogP contribution is -2.31. The highest BCUT2D eigenvalue weighted by molar-refractivity contribution is 6.31. The first-order valence-corrected chi connectivity index (χ1v) is 6.62. The van der Waals surface area contributed by atoms with Gasteiger partial charge in [-0.1, -0.05) is 24.6 Å². The predicted molar refractivity (Wildman–Crippen MR) is 75.3 cm³/mol. The third kappa shape index (κ3) is 5.08. The molecular formula is C15H19ClFN. The van der Waals surface area contributed by atoms with Crippen molar-refractivity contribution in [1.29, 1.82) is 0 Å². The van der Waals surface area contributed by atoms with Crippen LogP contribution in [-0.2, 0) is 6.42 Å². The molecule has 1 atom stereocenters. The van der Waals surface area contributed by atoms with E-state index in [9.17, 15) is 4.39 Å². The first kappa shape index (κ1) is 15.0. The highest BCUT2D eigenvalue weighted by Gasteiger charge is 2.10. The van der Waals surface area contributed by atoms with Gasteiger partial charge in [0.15, 0.2) is 0 Å².